The van der Waals surface area contributed by atoms with Gasteiger partial charge in [0.15, 0.2) is 0 Å². The lowest BCUT2D eigenvalue weighted by Gasteiger charge is -2.22. The molecule has 0 aliphatic heterocycles. The van der Waals surface area contributed by atoms with E-state index >= 15 is 0 Å². The minimum Gasteiger partial charge on any atom is -0.394 e. The Bertz CT molecular complexity index is 603. The highest BCUT2D eigenvalue weighted by Crippen LogP contribution is 2.13. The molecule has 0 spiro atoms. The Kier molecular flexibility index (Phi) is 33.4. The number of amides is 1. The van der Waals surface area contributed by atoms with Crippen LogP contribution in [0.4, 0.5) is 0 Å². The summed E-state index contributed by atoms with van der Waals surface area (Å²) in [6.45, 7) is 4.32. The average Bonchev–Trinajstić information content (AvgIpc) is 2.99. The maximum atomic E-state index is 12.3. The molecule has 0 fully saturated rings. The number of hydrogen-bond donors (Lipinski definition) is 3. The van der Waals surface area contributed by atoms with E-state index in [1.54, 1.807) is 0 Å². The first kappa shape index (κ1) is 40.9. The molecule has 0 unspecified atom stereocenters. The van der Waals surface area contributed by atoms with Crippen molar-refractivity contribution < 1.29 is 15.0 Å². The lowest BCUT2D eigenvalue weighted by atomic mass is 10.0. The van der Waals surface area contributed by atoms with Gasteiger partial charge in [-0.05, 0) is 64.2 Å². The van der Waals surface area contributed by atoms with Crippen LogP contribution in [0.1, 0.15) is 194 Å². The predicted molar refractivity (Wildman–Crippen MR) is 184 cm³/mol. The van der Waals surface area contributed by atoms with Crippen LogP contribution in [-0.4, -0.2) is 34.9 Å². The minimum atomic E-state index is -0.682. The van der Waals surface area contributed by atoms with Gasteiger partial charge in [-0.15, -0.1) is 0 Å². The second-order valence-electron chi connectivity index (χ2n) is 12.6. The fraction of sp³-hybridized carbons (Fsp3) is 0.868. The third-order valence-electron chi connectivity index (χ3n) is 8.43. The van der Waals surface area contributed by atoms with E-state index in [9.17, 15) is 15.0 Å². The van der Waals surface area contributed by atoms with Crippen molar-refractivity contribution in [2.24, 2.45) is 0 Å². The number of unbranched alkanes of at least 4 members (excludes halogenated alkanes) is 22. The molecule has 0 bridgehead atoms. The summed E-state index contributed by atoms with van der Waals surface area (Å²) in [5.41, 5.74) is 0. The van der Waals surface area contributed by atoms with Crippen molar-refractivity contribution in [3.8, 4) is 0 Å². The number of carbonyl (C=O) groups excluding carboxylic acids is 1. The van der Waals surface area contributed by atoms with Crippen molar-refractivity contribution in [1.82, 2.24) is 5.32 Å². The molecule has 1 amide bonds. The number of hydrogen-bond acceptors (Lipinski definition) is 3. The first-order chi connectivity index (χ1) is 20.7. The summed E-state index contributed by atoms with van der Waals surface area (Å²) in [7, 11) is 0. The Hall–Kier alpha value is -1.13. The van der Waals surface area contributed by atoms with Crippen molar-refractivity contribution in [2.45, 2.75) is 206 Å². The highest BCUT2D eigenvalue weighted by Gasteiger charge is 2.19. The molecule has 42 heavy (non-hydrogen) atoms. The first-order valence-electron chi connectivity index (χ1n) is 18.5. The number of aliphatic hydroxyl groups is 2. The van der Waals surface area contributed by atoms with Gasteiger partial charge in [0.05, 0.1) is 18.8 Å². The van der Waals surface area contributed by atoms with E-state index in [-0.39, 0.29) is 12.5 Å². The molecule has 2 atom stereocenters. The molecule has 4 nitrogen and oxygen atoms in total. The molecule has 0 saturated heterocycles. The lowest BCUT2D eigenvalue weighted by molar-refractivity contribution is -0.123. The van der Waals surface area contributed by atoms with Gasteiger partial charge in [-0.2, -0.15) is 0 Å². The molecule has 0 aliphatic rings. The number of allylic oxidation sites excluding steroid dienone is 4. The third kappa shape index (κ3) is 30.3. The van der Waals surface area contributed by atoms with Crippen molar-refractivity contribution in [1.29, 1.82) is 0 Å². The molecule has 0 aliphatic carbocycles. The van der Waals surface area contributed by atoms with Gasteiger partial charge in [-0.1, -0.05) is 147 Å². The fourth-order valence-corrected chi connectivity index (χ4v) is 5.52. The highest BCUT2D eigenvalue weighted by molar-refractivity contribution is 5.76. The molecule has 3 N–H and O–H groups in total. The standard InChI is InChI=1S/C38H73NO3/c1-3-5-7-9-11-13-15-17-19-20-21-23-25-27-29-31-33-37(41)36(35-40)39-38(42)34-32-30-28-26-24-22-18-16-14-12-10-8-6-4-2/h16,18,23,25,36-37,40-41H,3-15,17,19-22,24,26-35H2,1-2H3,(H,39,42)/b18-16+,25-23+/t36-,37+/m0/s1. The van der Waals surface area contributed by atoms with Gasteiger partial charge in [0.2, 0.25) is 5.91 Å². The molecule has 0 heterocycles. The maximum absolute atomic E-state index is 12.3. The molecular formula is C38H73NO3. The van der Waals surface area contributed by atoms with Crippen molar-refractivity contribution >= 4 is 5.91 Å². The van der Waals surface area contributed by atoms with Gasteiger partial charge in [-0.3, -0.25) is 4.79 Å². The summed E-state index contributed by atoms with van der Waals surface area (Å²) < 4.78 is 0. The van der Waals surface area contributed by atoms with Gasteiger partial charge < -0.3 is 15.5 Å². The number of aliphatic hydroxyl groups excluding tert-OH is 2. The molecule has 0 aromatic heterocycles. The Morgan fingerprint density at radius 1 is 0.548 bits per heavy atom. The molecule has 0 aromatic carbocycles. The predicted octanol–water partition coefficient (Wildman–Crippen LogP) is 10.9. The molecule has 4 heteroatoms. The van der Waals surface area contributed by atoms with Gasteiger partial charge in [0.1, 0.15) is 0 Å². The molecule has 0 radical (unpaired) electrons. The Morgan fingerprint density at radius 3 is 1.31 bits per heavy atom. The van der Waals surface area contributed by atoms with E-state index in [1.165, 1.54) is 128 Å². The summed E-state index contributed by atoms with van der Waals surface area (Å²) in [4.78, 5) is 12.3. The van der Waals surface area contributed by atoms with Crippen LogP contribution in [0, 0.1) is 0 Å². The van der Waals surface area contributed by atoms with E-state index in [1.807, 2.05) is 0 Å². The zero-order chi connectivity index (χ0) is 30.8. The summed E-state index contributed by atoms with van der Waals surface area (Å²) in [5, 5.41) is 23.0. The summed E-state index contributed by atoms with van der Waals surface area (Å²) in [5.74, 6) is -0.0510. The average molecular weight is 592 g/mol. The number of rotatable bonds is 33. The maximum Gasteiger partial charge on any atom is 0.220 e. The van der Waals surface area contributed by atoms with Crippen LogP contribution >= 0.6 is 0 Å². The molecule has 248 valence electrons. The second kappa shape index (κ2) is 34.4. The number of carbonyl (C=O) groups is 1. The molecule has 0 rings (SSSR count). The zero-order valence-electron chi connectivity index (χ0n) is 28.3. The van der Waals surface area contributed by atoms with E-state index in [0.717, 1.165) is 38.5 Å². The van der Waals surface area contributed by atoms with Crippen LogP contribution in [0.15, 0.2) is 24.3 Å². The Morgan fingerprint density at radius 2 is 0.905 bits per heavy atom. The van der Waals surface area contributed by atoms with Crippen molar-refractivity contribution in [3.63, 3.8) is 0 Å². The van der Waals surface area contributed by atoms with Crippen molar-refractivity contribution in [2.75, 3.05) is 6.61 Å². The van der Waals surface area contributed by atoms with Crippen LogP contribution in [0.25, 0.3) is 0 Å². The summed E-state index contributed by atoms with van der Waals surface area (Å²) >= 11 is 0. The highest BCUT2D eigenvalue weighted by atomic mass is 16.3. The molecule has 0 aromatic rings. The zero-order valence-corrected chi connectivity index (χ0v) is 28.3. The summed E-state index contributed by atoms with van der Waals surface area (Å²) in [6.07, 6.45) is 42.3. The fourth-order valence-electron chi connectivity index (χ4n) is 5.52. The minimum absolute atomic E-state index is 0.0510. The van der Waals surface area contributed by atoms with E-state index < -0.39 is 12.1 Å². The van der Waals surface area contributed by atoms with Crippen LogP contribution in [0.5, 0.6) is 0 Å². The van der Waals surface area contributed by atoms with Crippen LogP contribution < -0.4 is 5.32 Å². The Balaban J connectivity index is 3.62. The van der Waals surface area contributed by atoms with Gasteiger partial charge >= 0.3 is 0 Å². The Labute approximate surface area is 262 Å². The topological polar surface area (TPSA) is 69.6 Å². The summed E-state index contributed by atoms with van der Waals surface area (Å²) in [6, 6.07) is -0.553. The first-order valence-corrected chi connectivity index (χ1v) is 18.5. The van der Waals surface area contributed by atoms with Crippen LogP contribution in [0.2, 0.25) is 0 Å². The third-order valence-corrected chi connectivity index (χ3v) is 8.43. The van der Waals surface area contributed by atoms with Crippen LogP contribution in [0.3, 0.4) is 0 Å². The van der Waals surface area contributed by atoms with E-state index in [4.69, 9.17) is 0 Å². The van der Waals surface area contributed by atoms with E-state index in [0.29, 0.717) is 12.8 Å². The lowest BCUT2D eigenvalue weighted by Crippen LogP contribution is -2.45. The van der Waals surface area contributed by atoms with Crippen molar-refractivity contribution in [3.05, 3.63) is 24.3 Å². The molecule has 0 saturated carbocycles. The quantitative estimate of drug-likeness (QED) is 0.0525. The number of nitrogens with one attached hydrogen (secondary N) is 1. The van der Waals surface area contributed by atoms with Gasteiger partial charge in [0.25, 0.3) is 0 Å². The normalized spacial score (nSPS) is 13.3. The second-order valence-corrected chi connectivity index (χ2v) is 12.6. The monoisotopic (exact) mass is 592 g/mol. The van der Waals surface area contributed by atoms with E-state index in [2.05, 4.69) is 43.5 Å². The van der Waals surface area contributed by atoms with Gasteiger partial charge in [-0.25, -0.2) is 0 Å². The molecular weight excluding hydrogens is 518 g/mol. The smallest absolute Gasteiger partial charge is 0.220 e. The van der Waals surface area contributed by atoms with Crippen LogP contribution in [-0.2, 0) is 4.79 Å². The SMILES string of the molecule is CCCCCCC/C=C/CCCCCCCC(=O)N[C@@H](CO)[C@H](O)CCCC/C=C/CCCCCCCCCCCC. The largest absolute Gasteiger partial charge is 0.394 e. The van der Waals surface area contributed by atoms with Gasteiger partial charge in [0, 0.05) is 6.42 Å².